The summed E-state index contributed by atoms with van der Waals surface area (Å²) in [4.78, 5) is 16.3. The maximum atomic E-state index is 12.0. The number of hydrogen-bond acceptors (Lipinski definition) is 3. The molecule has 1 amide bonds. The summed E-state index contributed by atoms with van der Waals surface area (Å²) in [6.07, 6.45) is 1.57. The summed E-state index contributed by atoms with van der Waals surface area (Å²) in [6.45, 7) is 6.93. The van der Waals surface area contributed by atoms with Gasteiger partial charge in [0.25, 0.3) is 0 Å². The first-order valence-corrected chi connectivity index (χ1v) is 7.18. The molecule has 3 rings (SSSR count). The number of carbonyl (C=O) groups is 1. The smallest absolute Gasteiger partial charge is 0.226 e. The van der Waals surface area contributed by atoms with E-state index in [9.17, 15) is 4.79 Å². The van der Waals surface area contributed by atoms with Gasteiger partial charge < -0.3 is 15.1 Å². The molecule has 19 heavy (non-hydrogen) atoms. The normalized spacial score (nSPS) is 18.6. The molecule has 2 aliphatic rings. The van der Waals surface area contributed by atoms with Crippen LogP contribution in [0, 0.1) is 0 Å². The zero-order chi connectivity index (χ0) is 13.2. The van der Waals surface area contributed by atoms with Crippen LogP contribution in [0.2, 0.25) is 0 Å². The predicted molar refractivity (Wildman–Crippen MR) is 77.9 cm³/mol. The Bertz CT molecular complexity index is 480. The van der Waals surface area contributed by atoms with Crippen LogP contribution in [0.1, 0.15) is 18.9 Å². The van der Waals surface area contributed by atoms with Gasteiger partial charge in [-0.05, 0) is 24.1 Å². The molecule has 2 aliphatic heterocycles. The second kappa shape index (κ2) is 5.21. The highest BCUT2D eigenvalue weighted by Gasteiger charge is 2.24. The van der Waals surface area contributed by atoms with Crippen molar-refractivity contribution >= 4 is 17.3 Å². The molecule has 1 aromatic carbocycles. The fourth-order valence-corrected chi connectivity index (χ4v) is 2.94. The third-order valence-corrected chi connectivity index (χ3v) is 4.05. The van der Waals surface area contributed by atoms with Crippen LogP contribution in [-0.2, 0) is 11.2 Å². The molecular weight excluding hydrogens is 238 g/mol. The van der Waals surface area contributed by atoms with Gasteiger partial charge in [0.15, 0.2) is 0 Å². The lowest BCUT2D eigenvalue weighted by Gasteiger charge is -2.30. The number of benzene rings is 1. The molecule has 0 aliphatic carbocycles. The Balaban J connectivity index is 1.87. The van der Waals surface area contributed by atoms with Gasteiger partial charge in [0.05, 0.1) is 0 Å². The van der Waals surface area contributed by atoms with Crippen LogP contribution in [-0.4, -0.2) is 38.6 Å². The van der Waals surface area contributed by atoms with Crippen LogP contribution in [0.3, 0.4) is 0 Å². The topological polar surface area (TPSA) is 35.6 Å². The van der Waals surface area contributed by atoms with E-state index in [1.165, 1.54) is 11.3 Å². The number of carbonyl (C=O) groups excluding carboxylic acids is 1. The van der Waals surface area contributed by atoms with E-state index in [1.807, 2.05) is 11.8 Å². The van der Waals surface area contributed by atoms with Crippen molar-refractivity contribution < 1.29 is 4.79 Å². The maximum Gasteiger partial charge on any atom is 0.226 e. The zero-order valence-electron chi connectivity index (χ0n) is 11.5. The van der Waals surface area contributed by atoms with Gasteiger partial charge in [0.1, 0.15) is 0 Å². The van der Waals surface area contributed by atoms with Gasteiger partial charge in [-0.3, -0.25) is 4.79 Å². The maximum absolute atomic E-state index is 12.0. The lowest BCUT2D eigenvalue weighted by Crippen LogP contribution is -2.43. The third-order valence-electron chi connectivity index (χ3n) is 4.05. The van der Waals surface area contributed by atoms with Crippen molar-refractivity contribution in [2.24, 2.45) is 0 Å². The first-order chi connectivity index (χ1) is 9.29. The van der Waals surface area contributed by atoms with Crippen molar-refractivity contribution in [2.75, 3.05) is 42.5 Å². The molecule has 4 heteroatoms. The van der Waals surface area contributed by atoms with E-state index in [-0.39, 0.29) is 5.91 Å². The predicted octanol–water partition coefficient (Wildman–Crippen LogP) is 1.40. The second-order valence-electron chi connectivity index (χ2n) is 5.20. The van der Waals surface area contributed by atoms with Crippen molar-refractivity contribution in [3.8, 4) is 0 Å². The van der Waals surface area contributed by atoms with Crippen LogP contribution in [0.25, 0.3) is 0 Å². The van der Waals surface area contributed by atoms with E-state index in [2.05, 4.69) is 28.4 Å². The van der Waals surface area contributed by atoms with Crippen LogP contribution in [0.5, 0.6) is 0 Å². The first kappa shape index (κ1) is 12.5. The molecule has 0 unspecified atom stereocenters. The monoisotopic (exact) mass is 259 g/mol. The Labute approximate surface area is 114 Å². The minimum absolute atomic E-state index is 0.233. The van der Waals surface area contributed by atoms with E-state index in [0.29, 0.717) is 6.42 Å². The molecule has 1 aromatic rings. The average Bonchev–Trinajstić information content (AvgIpc) is 2.90. The highest BCUT2D eigenvalue weighted by molar-refractivity contribution is 5.95. The summed E-state index contributed by atoms with van der Waals surface area (Å²) in [5.74, 6) is 0.233. The lowest BCUT2D eigenvalue weighted by molar-refractivity contribution is -0.118. The Morgan fingerprint density at radius 3 is 2.79 bits per heavy atom. The molecule has 2 heterocycles. The molecule has 102 valence electrons. The molecule has 0 aromatic heterocycles. The lowest BCUT2D eigenvalue weighted by atomic mass is 10.1. The van der Waals surface area contributed by atoms with Gasteiger partial charge in [0, 0.05) is 50.5 Å². The fraction of sp³-hybridized carbons (Fsp3) is 0.533. The quantitative estimate of drug-likeness (QED) is 0.872. The first-order valence-electron chi connectivity index (χ1n) is 7.18. The molecular formula is C15H21N3O. The Kier molecular flexibility index (Phi) is 3.42. The number of hydrogen-bond donors (Lipinski definition) is 1. The van der Waals surface area contributed by atoms with E-state index in [0.717, 1.165) is 44.8 Å². The second-order valence-corrected chi connectivity index (χ2v) is 5.20. The third kappa shape index (κ3) is 2.32. The SMILES string of the molecule is CCC(=O)N1CCc2ccc(N3CCNCC3)cc21. The molecule has 0 saturated carbocycles. The molecule has 0 spiro atoms. The van der Waals surface area contributed by atoms with Crippen molar-refractivity contribution in [2.45, 2.75) is 19.8 Å². The van der Waals surface area contributed by atoms with Gasteiger partial charge in [-0.2, -0.15) is 0 Å². The van der Waals surface area contributed by atoms with E-state index in [4.69, 9.17) is 0 Å². The van der Waals surface area contributed by atoms with Gasteiger partial charge in [0.2, 0.25) is 5.91 Å². The molecule has 0 bridgehead atoms. The summed E-state index contributed by atoms with van der Waals surface area (Å²) in [6, 6.07) is 6.58. The average molecular weight is 259 g/mol. The Hall–Kier alpha value is -1.55. The van der Waals surface area contributed by atoms with Crippen LogP contribution >= 0.6 is 0 Å². The van der Waals surface area contributed by atoms with E-state index in [1.54, 1.807) is 0 Å². The summed E-state index contributed by atoms with van der Waals surface area (Å²) in [7, 11) is 0. The summed E-state index contributed by atoms with van der Waals surface area (Å²) in [5.41, 5.74) is 3.68. The number of nitrogens with zero attached hydrogens (tertiary/aromatic N) is 2. The molecule has 1 fully saturated rings. The van der Waals surface area contributed by atoms with Crippen LogP contribution < -0.4 is 15.1 Å². The van der Waals surface area contributed by atoms with Crippen LogP contribution in [0.15, 0.2) is 18.2 Å². The van der Waals surface area contributed by atoms with Gasteiger partial charge in [-0.25, -0.2) is 0 Å². The summed E-state index contributed by atoms with van der Waals surface area (Å²) >= 11 is 0. The number of anilines is 2. The number of fused-ring (bicyclic) bond motifs is 1. The molecule has 1 saturated heterocycles. The number of rotatable bonds is 2. The fourth-order valence-electron chi connectivity index (χ4n) is 2.94. The molecule has 1 N–H and O–H groups in total. The van der Waals surface area contributed by atoms with Gasteiger partial charge >= 0.3 is 0 Å². The minimum Gasteiger partial charge on any atom is -0.369 e. The van der Waals surface area contributed by atoms with Crippen molar-refractivity contribution in [1.29, 1.82) is 0 Å². The summed E-state index contributed by atoms with van der Waals surface area (Å²) < 4.78 is 0. The van der Waals surface area contributed by atoms with Crippen molar-refractivity contribution in [3.05, 3.63) is 23.8 Å². The standard InChI is InChI=1S/C15H21N3O/c1-2-15(19)18-8-5-12-3-4-13(11-14(12)18)17-9-6-16-7-10-17/h3-4,11,16H,2,5-10H2,1H3. The summed E-state index contributed by atoms with van der Waals surface area (Å²) in [5, 5.41) is 3.37. The Morgan fingerprint density at radius 2 is 2.05 bits per heavy atom. The molecule has 0 radical (unpaired) electrons. The Morgan fingerprint density at radius 1 is 1.26 bits per heavy atom. The highest BCUT2D eigenvalue weighted by atomic mass is 16.2. The minimum atomic E-state index is 0.233. The number of amides is 1. The zero-order valence-corrected chi connectivity index (χ0v) is 11.5. The van der Waals surface area contributed by atoms with E-state index < -0.39 is 0 Å². The highest BCUT2D eigenvalue weighted by Crippen LogP contribution is 2.32. The van der Waals surface area contributed by atoms with Gasteiger partial charge in [-0.15, -0.1) is 0 Å². The van der Waals surface area contributed by atoms with Crippen molar-refractivity contribution in [1.82, 2.24) is 5.32 Å². The number of piperazine rings is 1. The largest absolute Gasteiger partial charge is 0.369 e. The molecule has 4 nitrogen and oxygen atoms in total. The van der Waals surface area contributed by atoms with Crippen LogP contribution in [0.4, 0.5) is 11.4 Å². The number of nitrogens with one attached hydrogen (secondary N) is 1. The molecule has 0 atom stereocenters. The van der Waals surface area contributed by atoms with Gasteiger partial charge in [-0.1, -0.05) is 13.0 Å². The van der Waals surface area contributed by atoms with E-state index >= 15 is 0 Å². The van der Waals surface area contributed by atoms with Crippen molar-refractivity contribution in [3.63, 3.8) is 0 Å².